The van der Waals surface area contributed by atoms with E-state index in [9.17, 15) is 4.79 Å². The van der Waals surface area contributed by atoms with E-state index < -0.39 is 0 Å². The normalized spacial score (nSPS) is 22.0. The molecule has 0 aliphatic heterocycles. The highest BCUT2D eigenvalue weighted by Gasteiger charge is 2.18. The molecular formula is C8H14O3. The number of hydrogen-bond acceptors (Lipinski definition) is 3. The zero-order chi connectivity index (χ0) is 8.69. The number of hydrogen-bond donors (Lipinski definition) is 0. The van der Waals surface area contributed by atoms with Gasteiger partial charge in [0, 0.05) is 12.3 Å². The molecule has 0 bridgehead atoms. The van der Waals surface area contributed by atoms with E-state index in [1.165, 1.54) is 7.11 Å². The molecule has 1 unspecified atom stereocenters. The minimum atomic E-state index is 0.375. The van der Waals surface area contributed by atoms with E-state index in [1.807, 2.05) is 6.92 Å². The molecule has 0 saturated heterocycles. The van der Waals surface area contributed by atoms with Gasteiger partial charge in [0.1, 0.15) is 5.78 Å². The summed E-state index contributed by atoms with van der Waals surface area (Å²) in [7, 11) is 1.31. The molecule has 0 radical (unpaired) electrons. The lowest BCUT2D eigenvalue weighted by Gasteiger charge is -1.91. The molecule has 1 aliphatic carbocycles. The number of methoxy groups -OCH3 is 1. The largest absolute Gasteiger partial charge is 0.471 e. The van der Waals surface area contributed by atoms with Gasteiger partial charge < -0.3 is 4.74 Å². The van der Waals surface area contributed by atoms with Crippen LogP contribution < -0.4 is 0 Å². The number of ketones is 1. The topological polar surface area (TPSA) is 43.4 Å². The monoisotopic (exact) mass is 158 g/mol. The van der Waals surface area contributed by atoms with Gasteiger partial charge in [0.2, 0.25) is 0 Å². The molecule has 11 heavy (non-hydrogen) atoms. The molecule has 3 nitrogen and oxygen atoms in total. The summed E-state index contributed by atoms with van der Waals surface area (Å²) in [4.78, 5) is 19.5. The van der Waals surface area contributed by atoms with Crippen LogP contribution in [0.2, 0.25) is 0 Å². The minimum absolute atomic E-state index is 0.375. The third-order valence-electron chi connectivity index (χ3n) is 1.71. The van der Waals surface area contributed by atoms with Gasteiger partial charge in [-0.1, -0.05) is 6.92 Å². The van der Waals surface area contributed by atoms with Crippen LogP contribution in [0.4, 0.5) is 0 Å². The molecule has 1 aliphatic rings. The Kier molecular flexibility index (Phi) is 5.43. The lowest BCUT2D eigenvalue weighted by molar-refractivity contribution is -0.126. The van der Waals surface area contributed by atoms with Crippen molar-refractivity contribution >= 4 is 12.3 Å². The average Bonchev–Trinajstić information content (AvgIpc) is 2.37. The maximum atomic E-state index is 10.6. The van der Waals surface area contributed by atoms with Gasteiger partial charge in [-0.25, -0.2) is 0 Å². The van der Waals surface area contributed by atoms with Gasteiger partial charge in [0.25, 0.3) is 6.47 Å². The summed E-state index contributed by atoms with van der Waals surface area (Å²) in [5.41, 5.74) is 0. The standard InChI is InChI=1S/C6H10O.C2H4O2/c1-5-3-2-4-6(5)7;1-4-2-3/h5H,2-4H2,1H3;2H,1H3. The van der Waals surface area contributed by atoms with E-state index in [-0.39, 0.29) is 0 Å². The highest BCUT2D eigenvalue weighted by Crippen LogP contribution is 2.19. The molecule has 0 spiro atoms. The van der Waals surface area contributed by atoms with Gasteiger partial charge in [-0.2, -0.15) is 0 Å². The zero-order valence-electron chi connectivity index (χ0n) is 7.00. The van der Waals surface area contributed by atoms with Crippen LogP contribution in [-0.4, -0.2) is 19.4 Å². The fourth-order valence-corrected chi connectivity index (χ4v) is 0.990. The van der Waals surface area contributed by atoms with Gasteiger partial charge in [0.05, 0.1) is 7.11 Å². The van der Waals surface area contributed by atoms with Crippen molar-refractivity contribution in [2.24, 2.45) is 5.92 Å². The molecule has 0 aromatic carbocycles. The number of rotatable bonds is 1. The first-order valence-corrected chi connectivity index (χ1v) is 3.71. The highest BCUT2D eigenvalue weighted by molar-refractivity contribution is 5.82. The predicted molar refractivity (Wildman–Crippen MR) is 41.1 cm³/mol. The fraction of sp³-hybridized carbons (Fsp3) is 0.750. The van der Waals surface area contributed by atoms with Crippen molar-refractivity contribution in [3.05, 3.63) is 0 Å². The van der Waals surface area contributed by atoms with Crippen molar-refractivity contribution in [3.63, 3.8) is 0 Å². The van der Waals surface area contributed by atoms with E-state index in [4.69, 9.17) is 4.79 Å². The first-order chi connectivity index (χ1) is 5.22. The van der Waals surface area contributed by atoms with Crippen molar-refractivity contribution in [3.8, 4) is 0 Å². The Labute approximate surface area is 66.7 Å². The van der Waals surface area contributed by atoms with Crippen molar-refractivity contribution < 1.29 is 14.3 Å². The Balaban J connectivity index is 0.000000218. The van der Waals surface area contributed by atoms with E-state index in [1.54, 1.807) is 0 Å². The van der Waals surface area contributed by atoms with E-state index >= 15 is 0 Å². The first-order valence-electron chi connectivity index (χ1n) is 3.71. The summed E-state index contributed by atoms with van der Waals surface area (Å²) in [6, 6.07) is 0. The van der Waals surface area contributed by atoms with Crippen LogP contribution in [-0.2, 0) is 14.3 Å². The molecule has 0 heterocycles. The van der Waals surface area contributed by atoms with Crippen LogP contribution in [0, 0.1) is 5.92 Å². The molecule has 1 saturated carbocycles. The molecule has 1 atom stereocenters. The van der Waals surface area contributed by atoms with Gasteiger partial charge in [-0.15, -0.1) is 0 Å². The summed E-state index contributed by atoms with van der Waals surface area (Å²) in [6.45, 7) is 2.38. The number of carbonyl (C=O) groups is 2. The molecule has 1 fully saturated rings. The van der Waals surface area contributed by atoms with E-state index in [0.717, 1.165) is 19.3 Å². The Bertz CT molecular complexity index is 131. The second-order valence-corrected chi connectivity index (χ2v) is 2.59. The van der Waals surface area contributed by atoms with Gasteiger partial charge in [0.15, 0.2) is 0 Å². The van der Waals surface area contributed by atoms with Gasteiger partial charge >= 0.3 is 0 Å². The van der Waals surface area contributed by atoms with E-state index in [2.05, 4.69) is 4.74 Å². The molecule has 1 rings (SSSR count). The molecule has 3 heteroatoms. The Morgan fingerprint density at radius 2 is 2.18 bits per heavy atom. The molecule has 64 valence electrons. The zero-order valence-corrected chi connectivity index (χ0v) is 7.00. The minimum Gasteiger partial charge on any atom is -0.471 e. The maximum absolute atomic E-state index is 10.6. The molecular weight excluding hydrogens is 144 g/mol. The number of Topliss-reactive ketones (excluding diaryl/α,β-unsaturated/α-hetero) is 1. The molecule has 0 aromatic rings. The van der Waals surface area contributed by atoms with Gasteiger partial charge in [-0.3, -0.25) is 9.59 Å². The Morgan fingerprint density at radius 1 is 1.64 bits per heavy atom. The predicted octanol–water partition coefficient (Wildman–Crippen LogP) is 1.16. The van der Waals surface area contributed by atoms with Gasteiger partial charge in [-0.05, 0) is 12.8 Å². The van der Waals surface area contributed by atoms with Crippen LogP contribution in [0.25, 0.3) is 0 Å². The Hall–Kier alpha value is -0.860. The second kappa shape index (κ2) is 5.89. The van der Waals surface area contributed by atoms with Crippen molar-refractivity contribution in [2.75, 3.05) is 7.11 Å². The number of ether oxygens (including phenoxy) is 1. The average molecular weight is 158 g/mol. The molecule has 0 amide bonds. The first kappa shape index (κ1) is 10.1. The van der Waals surface area contributed by atoms with Crippen LogP contribution in [0.3, 0.4) is 0 Å². The second-order valence-electron chi connectivity index (χ2n) is 2.59. The van der Waals surface area contributed by atoms with Crippen LogP contribution >= 0.6 is 0 Å². The highest BCUT2D eigenvalue weighted by atomic mass is 16.5. The SMILES string of the molecule is CC1CCCC1=O.COC=O. The smallest absolute Gasteiger partial charge is 0.292 e. The lowest BCUT2D eigenvalue weighted by Crippen LogP contribution is -1.98. The summed E-state index contributed by atoms with van der Waals surface area (Å²) >= 11 is 0. The van der Waals surface area contributed by atoms with E-state index in [0.29, 0.717) is 18.2 Å². The lowest BCUT2D eigenvalue weighted by atomic mass is 10.1. The maximum Gasteiger partial charge on any atom is 0.292 e. The fourth-order valence-electron chi connectivity index (χ4n) is 0.990. The molecule has 0 aromatic heterocycles. The van der Waals surface area contributed by atoms with Crippen LogP contribution in [0.5, 0.6) is 0 Å². The van der Waals surface area contributed by atoms with Crippen LogP contribution in [0.15, 0.2) is 0 Å². The summed E-state index contributed by atoms with van der Waals surface area (Å²) in [5.74, 6) is 0.833. The number of carbonyl (C=O) groups excluding carboxylic acids is 2. The summed E-state index contributed by atoms with van der Waals surface area (Å²) < 4.78 is 3.86. The Morgan fingerprint density at radius 3 is 2.27 bits per heavy atom. The van der Waals surface area contributed by atoms with Crippen molar-refractivity contribution in [1.82, 2.24) is 0 Å². The third-order valence-corrected chi connectivity index (χ3v) is 1.71. The van der Waals surface area contributed by atoms with Crippen molar-refractivity contribution in [1.29, 1.82) is 0 Å². The van der Waals surface area contributed by atoms with Crippen molar-refractivity contribution in [2.45, 2.75) is 26.2 Å². The summed E-state index contributed by atoms with van der Waals surface area (Å²) in [5, 5.41) is 0. The van der Waals surface area contributed by atoms with Crippen LogP contribution in [0.1, 0.15) is 26.2 Å². The molecule has 0 N–H and O–H groups in total. The summed E-state index contributed by atoms with van der Waals surface area (Å²) in [6.07, 6.45) is 3.08. The quantitative estimate of drug-likeness (QED) is 0.538. The third kappa shape index (κ3) is 4.53.